The van der Waals surface area contributed by atoms with Crippen LogP contribution in [-0.4, -0.2) is 23.9 Å². The Morgan fingerprint density at radius 3 is 2.33 bits per heavy atom. The topological polar surface area (TPSA) is 81.1 Å². The first kappa shape index (κ1) is 19.4. The third-order valence-corrected chi connectivity index (χ3v) is 6.20. The maximum Gasteiger partial charge on any atom is 0.285 e. The molecular weight excluding hydrogens is 409 g/mol. The van der Waals surface area contributed by atoms with Gasteiger partial charge in [0.05, 0.1) is 10.0 Å². The van der Waals surface area contributed by atoms with Crippen molar-refractivity contribution in [1.29, 1.82) is 0 Å². The zero-order chi connectivity index (χ0) is 19.8. The number of carbonyl (C=O) groups is 1. The van der Waals surface area contributed by atoms with E-state index in [1.165, 1.54) is 24.4 Å². The second kappa shape index (κ2) is 7.34. The Morgan fingerprint density at radius 2 is 1.70 bits per heavy atom. The van der Waals surface area contributed by atoms with Gasteiger partial charge in [-0.3, -0.25) is 4.79 Å². The molecule has 9 heteroatoms. The lowest BCUT2D eigenvalue weighted by Gasteiger charge is -2.08. The monoisotopic (exact) mass is 423 g/mol. The predicted molar refractivity (Wildman–Crippen MR) is 104 cm³/mol. The summed E-state index contributed by atoms with van der Waals surface area (Å²) in [5, 5.41) is -0.158. The smallest absolute Gasteiger partial charge is 0.285 e. The van der Waals surface area contributed by atoms with Crippen molar-refractivity contribution in [3.05, 3.63) is 70.0 Å². The van der Waals surface area contributed by atoms with Crippen LogP contribution in [0.15, 0.2) is 53.6 Å². The van der Waals surface area contributed by atoms with E-state index in [0.29, 0.717) is 5.82 Å². The first-order valence-electron chi connectivity index (χ1n) is 7.81. The molecule has 2 aromatic carbocycles. The highest BCUT2D eigenvalue weighted by Crippen LogP contribution is 2.29. The van der Waals surface area contributed by atoms with E-state index in [2.05, 4.69) is 4.98 Å². The van der Waals surface area contributed by atoms with Crippen LogP contribution in [0, 0.1) is 6.92 Å². The minimum Gasteiger partial charge on any atom is -0.333 e. The zero-order valence-corrected chi connectivity index (χ0v) is 16.7. The van der Waals surface area contributed by atoms with E-state index in [-0.39, 0.29) is 20.6 Å². The summed E-state index contributed by atoms with van der Waals surface area (Å²) in [6.45, 7) is 1.92. The number of nitrogens with one attached hydrogen (secondary N) is 1. The number of aryl methyl sites for hydroxylation is 2. The van der Waals surface area contributed by atoms with E-state index in [1.54, 1.807) is 11.6 Å². The van der Waals surface area contributed by atoms with Gasteiger partial charge in [0.1, 0.15) is 16.4 Å². The predicted octanol–water partition coefficient (Wildman–Crippen LogP) is 3.82. The van der Waals surface area contributed by atoms with Crippen molar-refractivity contribution in [1.82, 2.24) is 14.3 Å². The van der Waals surface area contributed by atoms with Gasteiger partial charge in [-0.25, -0.2) is 18.1 Å². The van der Waals surface area contributed by atoms with Crippen LogP contribution >= 0.6 is 23.2 Å². The highest BCUT2D eigenvalue weighted by Gasteiger charge is 2.26. The largest absolute Gasteiger partial charge is 0.333 e. The molecule has 1 amide bonds. The Bertz CT molecular complexity index is 1120. The quantitative estimate of drug-likeness (QED) is 0.691. The van der Waals surface area contributed by atoms with Gasteiger partial charge in [-0.05, 0) is 24.6 Å². The van der Waals surface area contributed by atoms with Crippen LogP contribution in [0.2, 0.25) is 10.0 Å². The minimum atomic E-state index is -4.26. The molecule has 0 saturated carbocycles. The van der Waals surface area contributed by atoms with Crippen molar-refractivity contribution < 1.29 is 13.2 Å². The molecule has 0 bridgehead atoms. The van der Waals surface area contributed by atoms with E-state index < -0.39 is 15.9 Å². The maximum absolute atomic E-state index is 12.5. The summed E-state index contributed by atoms with van der Waals surface area (Å²) in [6.07, 6.45) is 1.46. The van der Waals surface area contributed by atoms with Gasteiger partial charge in [0, 0.05) is 18.8 Å². The number of carbonyl (C=O) groups excluding carboxylic acids is 1. The van der Waals surface area contributed by atoms with Crippen LogP contribution in [0.5, 0.6) is 0 Å². The maximum atomic E-state index is 12.5. The molecule has 1 heterocycles. The standard InChI is InChI=1S/C18H15Cl2N3O3S/c1-11-6-3-4-7-12(11)17-21-15(10-23(17)2)18(24)22-27(25,26)16-13(19)8-5-9-14(16)20/h3-10H,1-2H3,(H,22,24). The Morgan fingerprint density at radius 1 is 1.07 bits per heavy atom. The van der Waals surface area contributed by atoms with Crippen molar-refractivity contribution in [3.8, 4) is 11.4 Å². The number of rotatable bonds is 4. The number of imidazole rings is 1. The molecule has 0 aliphatic carbocycles. The van der Waals surface area contributed by atoms with Gasteiger partial charge in [-0.15, -0.1) is 0 Å². The van der Waals surface area contributed by atoms with Crippen molar-refractivity contribution >= 4 is 39.1 Å². The van der Waals surface area contributed by atoms with E-state index >= 15 is 0 Å². The fourth-order valence-electron chi connectivity index (χ4n) is 2.61. The number of benzene rings is 2. The summed E-state index contributed by atoms with van der Waals surface area (Å²) in [5.74, 6) is -0.326. The number of sulfonamides is 1. The van der Waals surface area contributed by atoms with Crippen LogP contribution in [0.1, 0.15) is 16.1 Å². The SMILES string of the molecule is Cc1ccccc1-c1nc(C(=O)NS(=O)(=O)c2c(Cl)cccc2Cl)cn1C. The molecule has 0 spiro atoms. The molecule has 0 aliphatic heterocycles. The molecule has 0 saturated heterocycles. The Kier molecular flexibility index (Phi) is 5.28. The van der Waals surface area contributed by atoms with Crippen LogP contribution in [0.25, 0.3) is 11.4 Å². The highest BCUT2D eigenvalue weighted by atomic mass is 35.5. The lowest BCUT2D eigenvalue weighted by molar-refractivity contribution is 0.0977. The average molecular weight is 424 g/mol. The normalized spacial score (nSPS) is 11.4. The van der Waals surface area contributed by atoms with Gasteiger partial charge in [0.25, 0.3) is 15.9 Å². The summed E-state index contributed by atoms with van der Waals surface area (Å²) in [5.41, 5.74) is 1.78. The third-order valence-electron chi connectivity index (χ3n) is 3.91. The molecule has 3 rings (SSSR count). The van der Waals surface area contributed by atoms with Crippen molar-refractivity contribution in [2.75, 3.05) is 0 Å². The first-order chi connectivity index (χ1) is 12.7. The first-order valence-corrected chi connectivity index (χ1v) is 10.0. The van der Waals surface area contributed by atoms with E-state index in [0.717, 1.165) is 11.1 Å². The van der Waals surface area contributed by atoms with Crippen molar-refractivity contribution in [2.24, 2.45) is 7.05 Å². The molecule has 1 N–H and O–H groups in total. The molecule has 0 radical (unpaired) electrons. The van der Waals surface area contributed by atoms with Crippen molar-refractivity contribution in [2.45, 2.75) is 11.8 Å². The Balaban J connectivity index is 1.94. The molecule has 140 valence electrons. The number of hydrogen-bond donors (Lipinski definition) is 1. The van der Waals surface area contributed by atoms with Crippen molar-refractivity contribution in [3.63, 3.8) is 0 Å². The molecule has 27 heavy (non-hydrogen) atoms. The number of halogens is 2. The highest BCUT2D eigenvalue weighted by molar-refractivity contribution is 7.90. The fraction of sp³-hybridized carbons (Fsp3) is 0.111. The van der Waals surface area contributed by atoms with E-state index in [1.807, 2.05) is 35.9 Å². The average Bonchev–Trinajstić information content (AvgIpc) is 2.96. The van der Waals surface area contributed by atoms with Crippen LogP contribution in [-0.2, 0) is 17.1 Å². The molecule has 0 fully saturated rings. The van der Waals surface area contributed by atoms with Crippen LogP contribution in [0.4, 0.5) is 0 Å². The summed E-state index contributed by atoms with van der Waals surface area (Å²) < 4.78 is 28.7. The molecular formula is C18H15Cl2N3O3S. The molecule has 0 unspecified atom stereocenters. The Hall–Kier alpha value is -2.35. The number of amides is 1. The minimum absolute atomic E-state index is 0.0393. The second-order valence-corrected chi connectivity index (χ2v) is 8.29. The molecule has 6 nitrogen and oxygen atoms in total. The molecule has 3 aromatic rings. The molecule has 0 aliphatic rings. The lowest BCUT2D eigenvalue weighted by atomic mass is 10.1. The molecule has 1 aromatic heterocycles. The summed E-state index contributed by atoms with van der Waals surface area (Å²) in [4.78, 5) is 16.4. The van der Waals surface area contributed by atoms with Gasteiger partial charge in [-0.1, -0.05) is 53.5 Å². The number of aromatic nitrogens is 2. The molecule has 0 atom stereocenters. The number of hydrogen-bond acceptors (Lipinski definition) is 4. The third kappa shape index (κ3) is 3.85. The van der Waals surface area contributed by atoms with Gasteiger partial charge in [-0.2, -0.15) is 0 Å². The summed E-state index contributed by atoms with van der Waals surface area (Å²) >= 11 is 11.9. The van der Waals surface area contributed by atoms with Crippen LogP contribution < -0.4 is 4.72 Å². The van der Waals surface area contributed by atoms with Gasteiger partial charge >= 0.3 is 0 Å². The van der Waals surface area contributed by atoms with E-state index in [9.17, 15) is 13.2 Å². The number of nitrogens with zero attached hydrogens (tertiary/aromatic N) is 2. The summed E-state index contributed by atoms with van der Waals surface area (Å²) in [7, 11) is -2.53. The summed E-state index contributed by atoms with van der Waals surface area (Å²) in [6, 6.07) is 11.8. The second-order valence-electron chi connectivity index (χ2n) is 5.86. The van der Waals surface area contributed by atoms with Crippen LogP contribution in [0.3, 0.4) is 0 Å². The van der Waals surface area contributed by atoms with Gasteiger partial charge in [0.2, 0.25) is 0 Å². The fourth-order valence-corrected chi connectivity index (χ4v) is 4.72. The Labute approximate surface area is 166 Å². The van der Waals surface area contributed by atoms with Gasteiger partial charge < -0.3 is 4.57 Å². The van der Waals surface area contributed by atoms with E-state index in [4.69, 9.17) is 23.2 Å². The van der Waals surface area contributed by atoms with Gasteiger partial charge in [0.15, 0.2) is 0 Å². The lowest BCUT2D eigenvalue weighted by Crippen LogP contribution is -2.31. The zero-order valence-electron chi connectivity index (χ0n) is 14.4.